The Hall–Kier alpha value is -2.57. The highest BCUT2D eigenvalue weighted by Gasteiger charge is 2.08. The van der Waals surface area contributed by atoms with Gasteiger partial charge in [-0.15, -0.1) is 0 Å². The quantitative estimate of drug-likeness (QED) is 0.692. The van der Waals surface area contributed by atoms with Gasteiger partial charge in [0, 0.05) is 18.1 Å². The second-order valence-electron chi connectivity index (χ2n) is 5.14. The van der Waals surface area contributed by atoms with E-state index >= 15 is 0 Å². The molecule has 0 unspecified atom stereocenters. The maximum atomic E-state index is 13.0. The molecule has 128 valence electrons. The third-order valence-corrected chi connectivity index (χ3v) is 3.97. The first kappa shape index (κ1) is 17.3. The summed E-state index contributed by atoms with van der Waals surface area (Å²) < 4.78 is 14.6. The van der Waals surface area contributed by atoms with E-state index in [1.165, 1.54) is 12.1 Å². The summed E-state index contributed by atoms with van der Waals surface area (Å²) in [5.41, 5.74) is 1.77. The molecule has 1 aromatic heterocycles. The summed E-state index contributed by atoms with van der Waals surface area (Å²) in [5, 5.41) is 10.3. The lowest BCUT2D eigenvalue weighted by molar-refractivity contribution is -0.114. The molecule has 0 atom stereocenters. The van der Waals surface area contributed by atoms with E-state index in [-0.39, 0.29) is 17.5 Å². The van der Waals surface area contributed by atoms with Gasteiger partial charge in [0.2, 0.25) is 5.91 Å². The Morgan fingerprint density at radius 3 is 2.68 bits per heavy atom. The van der Waals surface area contributed by atoms with E-state index < -0.39 is 5.82 Å². The molecule has 3 rings (SSSR count). The zero-order valence-electron chi connectivity index (χ0n) is 12.8. The Morgan fingerprint density at radius 2 is 2.00 bits per heavy atom. The van der Waals surface area contributed by atoms with Crippen LogP contribution < -0.4 is 10.6 Å². The van der Waals surface area contributed by atoms with Crippen LogP contribution in [0, 0.1) is 5.82 Å². The number of halogens is 3. The first-order valence-electron chi connectivity index (χ1n) is 7.31. The Kier molecular flexibility index (Phi) is 5.21. The van der Waals surface area contributed by atoms with Gasteiger partial charge in [0.25, 0.3) is 0 Å². The van der Waals surface area contributed by atoms with Gasteiger partial charge in [-0.3, -0.25) is 4.79 Å². The van der Waals surface area contributed by atoms with Crippen LogP contribution in [0.15, 0.2) is 54.9 Å². The number of carbonyl (C=O) groups excluding carboxylic acids is 1. The van der Waals surface area contributed by atoms with Crippen molar-refractivity contribution in [1.82, 2.24) is 9.78 Å². The number of anilines is 2. The van der Waals surface area contributed by atoms with Gasteiger partial charge in [0.05, 0.1) is 28.0 Å². The molecule has 0 radical (unpaired) electrons. The van der Waals surface area contributed by atoms with Gasteiger partial charge < -0.3 is 10.6 Å². The van der Waals surface area contributed by atoms with Gasteiger partial charge in [-0.1, -0.05) is 23.2 Å². The molecule has 1 heterocycles. The number of benzene rings is 2. The summed E-state index contributed by atoms with van der Waals surface area (Å²) in [5.74, 6) is -0.783. The molecular formula is C17H13Cl2FN4O. The largest absolute Gasteiger partial charge is 0.376 e. The third kappa shape index (κ3) is 4.29. The van der Waals surface area contributed by atoms with Crippen molar-refractivity contribution in [2.45, 2.75) is 0 Å². The third-order valence-electron chi connectivity index (χ3n) is 3.36. The lowest BCUT2D eigenvalue weighted by Gasteiger charge is -2.11. The minimum Gasteiger partial charge on any atom is -0.376 e. The highest BCUT2D eigenvalue weighted by atomic mass is 35.5. The summed E-state index contributed by atoms with van der Waals surface area (Å²) in [6.45, 7) is 0.00511. The van der Waals surface area contributed by atoms with Crippen molar-refractivity contribution in [2.24, 2.45) is 0 Å². The minimum absolute atomic E-state index is 0.00511. The van der Waals surface area contributed by atoms with Crippen LogP contribution in [0.5, 0.6) is 0 Å². The molecule has 25 heavy (non-hydrogen) atoms. The van der Waals surface area contributed by atoms with Crippen molar-refractivity contribution < 1.29 is 9.18 Å². The molecule has 5 nitrogen and oxygen atoms in total. The van der Waals surface area contributed by atoms with Crippen molar-refractivity contribution in [1.29, 1.82) is 0 Å². The molecule has 0 aliphatic carbocycles. The van der Waals surface area contributed by atoms with Crippen molar-refractivity contribution in [3.63, 3.8) is 0 Å². The van der Waals surface area contributed by atoms with Gasteiger partial charge in [0.15, 0.2) is 0 Å². The van der Waals surface area contributed by atoms with E-state index in [0.717, 1.165) is 11.8 Å². The van der Waals surface area contributed by atoms with Crippen molar-refractivity contribution in [3.05, 3.63) is 70.7 Å². The standard InChI is InChI=1S/C17H13Cl2FN4O/c18-13-8-11(20)2-4-15(13)23-17(25)10-21-12-3-5-16(14(19)9-12)24-7-1-6-22-24/h1-9,21H,10H2,(H,23,25). The zero-order valence-corrected chi connectivity index (χ0v) is 14.4. The molecule has 2 aromatic carbocycles. The van der Waals surface area contributed by atoms with Crippen LogP contribution in [-0.2, 0) is 4.79 Å². The molecule has 0 saturated heterocycles. The predicted octanol–water partition coefficient (Wildman–Crippen LogP) is 4.37. The topological polar surface area (TPSA) is 59.0 Å². The molecule has 0 saturated carbocycles. The molecule has 0 spiro atoms. The second-order valence-corrected chi connectivity index (χ2v) is 5.96. The Morgan fingerprint density at radius 1 is 1.16 bits per heavy atom. The normalized spacial score (nSPS) is 10.5. The molecular weight excluding hydrogens is 366 g/mol. The van der Waals surface area contributed by atoms with E-state index in [4.69, 9.17) is 23.2 Å². The van der Waals surface area contributed by atoms with Crippen molar-refractivity contribution >= 4 is 40.5 Å². The predicted molar refractivity (Wildman–Crippen MR) is 97.1 cm³/mol. The molecule has 0 aliphatic rings. The SMILES string of the molecule is O=C(CNc1ccc(-n2cccn2)c(Cl)c1)Nc1ccc(F)cc1Cl. The Balaban J connectivity index is 1.61. The van der Waals surface area contributed by atoms with Crippen LogP contribution >= 0.6 is 23.2 Å². The smallest absolute Gasteiger partial charge is 0.243 e. The molecule has 0 bridgehead atoms. The van der Waals surface area contributed by atoms with Crippen LogP contribution in [0.3, 0.4) is 0 Å². The summed E-state index contributed by atoms with van der Waals surface area (Å²) in [4.78, 5) is 12.0. The summed E-state index contributed by atoms with van der Waals surface area (Å²) >= 11 is 12.1. The van der Waals surface area contributed by atoms with Gasteiger partial charge >= 0.3 is 0 Å². The second kappa shape index (κ2) is 7.55. The molecule has 2 N–H and O–H groups in total. The fraction of sp³-hybridized carbons (Fsp3) is 0.0588. The van der Waals surface area contributed by atoms with E-state index in [9.17, 15) is 9.18 Å². The maximum Gasteiger partial charge on any atom is 0.243 e. The van der Waals surface area contributed by atoms with Crippen LogP contribution in [0.4, 0.5) is 15.8 Å². The number of amides is 1. The van der Waals surface area contributed by atoms with Gasteiger partial charge in [-0.25, -0.2) is 9.07 Å². The van der Waals surface area contributed by atoms with Crippen LogP contribution in [0.1, 0.15) is 0 Å². The zero-order chi connectivity index (χ0) is 17.8. The Labute approximate surface area is 153 Å². The summed E-state index contributed by atoms with van der Waals surface area (Å²) in [6.07, 6.45) is 3.45. The maximum absolute atomic E-state index is 13.0. The number of aromatic nitrogens is 2. The van der Waals surface area contributed by atoms with Gasteiger partial charge in [-0.2, -0.15) is 5.10 Å². The average Bonchev–Trinajstić information content (AvgIpc) is 3.10. The van der Waals surface area contributed by atoms with Crippen molar-refractivity contribution in [3.8, 4) is 5.69 Å². The lowest BCUT2D eigenvalue weighted by atomic mass is 10.2. The van der Waals surface area contributed by atoms with E-state index in [2.05, 4.69) is 15.7 Å². The van der Waals surface area contributed by atoms with Crippen LogP contribution in [0.2, 0.25) is 10.0 Å². The molecule has 8 heteroatoms. The van der Waals surface area contributed by atoms with E-state index in [0.29, 0.717) is 16.4 Å². The van der Waals surface area contributed by atoms with Crippen molar-refractivity contribution in [2.75, 3.05) is 17.2 Å². The summed E-state index contributed by atoms with van der Waals surface area (Å²) in [6, 6.07) is 10.9. The van der Waals surface area contributed by atoms with E-state index in [1.807, 2.05) is 0 Å². The highest BCUT2D eigenvalue weighted by molar-refractivity contribution is 6.33. The monoisotopic (exact) mass is 378 g/mol. The fourth-order valence-electron chi connectivity index (χ4n) is 2.18. The number of nitrogens with zero attached hydrogens (tertiary/aromatic N) is 2. The summed E-state index contributed by atoms with van der Waals surface area (Å²) in [7, 11) is 0. The molecule has 1 amide bonds. The first-order valence-corrected chi connectivity index (χ1v) is 8.07. The van der Waals surface area contributed by atoms with E-state index in [1.54, 1.807) is 41.3 Å². The molecule has 0 aliphatic heterocycles. The number of rotatable bonds is 5. The number of hydrogen-bond acceptors (Lipinski definition) is 3. The number of hydrogen-bond donors (Lipinski definition) is 2. The number of carbonyl (C=O) groups is 1. The van der Waals surface area contributed by atoms with Gasteiger partial charge in [0.1, 0.15) is 5.82 Å². The first-order chi connectivity index (χ1) is 12.0. The fourth-order valence-corrected chi connectivity index (χ4v) is 2.66. The lowest BCUT2D eigenvalue weighted by Crippen LogP contribution is -2.22. The Bertz CT molecular complexity index is 900. The van der Waals surface area contributed by atoms with Crippen LogP contribution in [0.25, 0.3) is 5.69 Å². The van der Waals surface area contributed by atoms with Crippen LogP contribution in [-0.4, -0.2) is 22.2 Å². The number of nitrogens with one attached hydrogen (secondary N) is 2. The molecule has 3 aromatic rings. The average molecular weight is 379 g/mol. The molecule has 0 fully saturated rings. The van der Waals surface area contributed by atoms with Gasteiger partial charge in [-0.05, 0) is 42.5 Å². The minimum atomic E-state index is -0.465. The highest BCUT2D eigenvalue weighted by Crippen LogP contribution is 2.24.